The zero-order chi connectivity index (χ0) is 10.6. The number of rotatable bonds is 4. The number of anilines is 1. The molecule has 0 heterocycles. The Morgan fingerprint density at radius 1 is 1.21 bits per heavy atom. The highest BCUT2D eigenvalue weighted by molar-refractivity contribution is 6.36. The van der Waals surface area contributed by atoms with Crippen molar-refractivity contribution in [2.75, 3.05) is 26.3 Å². The van der Waals surface area contributed by atoms with Gasteiger partial charge in [-0.2, -0.15) is 0 Å². The van der Waals surface area contributed by atoms with Crippen LogP contribution in [-0.2, 0) is 4.74 Å². The van der Waals surface area contributed by atoms with Crippen molar-refractivity contribution in [3.8, 4) is 5.75 Å². The van der Waals surface area contributed by atoms with Gasteiger partial charge in [0.15, 0.2) is 0 Å². The molecule has 0 unspecified atom stereocenters. The van der Waals surface area contributed by atoms with Crippen molar-refractivity contribution in [2.24, 2.45) is 0 Å². The molecule has 0 atom stereocenters. The van der Waals surface area contributed by atoms with Crippen molar-refractivity contribution in [2.45, 2.75) is 0 Å². The van der Waals surface area contributed by atoms with E-state index in [2.05, 4.69) is 5.32 Å². The van der Waals surface area contributed by atoms with Gasteiger partial charge in [-0.05, 0) is 6.07 Å². The fourth-order valence-electron chi connectivity index (χ4n) is 0.970. The van der Waals surface area contributed by atoms with Crippen LogP contribution in [0, 0.1) is 0 Å². The van der Waals surface area contributed by atoms with E-state index in [1.807, 2.05) is 0 Å². The maximum absolute atomic E-state index is 5.96. The quantitative estimate of drug-likeness (QED) is 0.815. The highest BCUT2D eigenvalue weighted by atomic mass is 35.5. The van der Waals surface area contributed by atoms with Gasteiger partial charge in [0.1, 0.15) is 12.5 Å². The van der Waals surface area contributed by atoms with Gasteiger partial charge in [0.25, 0.3) is 0 Å². The Hall–Kier alpha value is -0.640. The van der Waals surface area contributed by atoms with Gasteiger partial charge in [-0.15, -0.1) is 0 Å². The van der Waals surface area contributed by atoms with E-state index in [0.29, 0.717) is 22.5 Å². The Bertz CT molecular complexity index is 318. The normalized spacial score (nSPS) is 10.0. The number of hydrogen-bond donors (Lipinski definition) is 1. The molecule has 0 aromatic heterocycles. The molecule has 78 valence electrons. The molecule has 3 nitrogen and oxygen atoms in total. The van der Waals surface area contributed by atoms with Crippen LogP contribution in [0.25, 0.3) is 0 Å². The van der Waals surface area contributed by atoms with Gasteiger partial charge in [-0.25, -0.2) is 0 Å². The average Bonchev–Trinajstić information content (AvgIpc) is 2.18. The molecule has 0 bridgehead atoms. The predicted molar refractivity (Wildman–Crippen MR) is 58.5 cm³/mol. The number of benzene rings is 1. The van der Waals surface area contributed by atoms with Gasteiger partial charge >= 0.3 is 0 Å². The lowest BCUT2D eigenvalue weighted by Crippen LogP contribution is -2.03. The third-order valence-electron chi connectivity index (χ3n) is 1.65. The predicted octanol–water partition coefficient (Wildman–Crippen LogP) is 3.02. The summed E-state index contributed by atoms with van der Waals surface area (Å²) in [7, 11) is 3.13. The Morgan fingerprint density at radius 2 is 1.93 bits per heavy atom. The molecule has 0 saturated carbocycles. The van der Waals surface area contributed by atoms with Crippen LogP contribution < -0.4 is 10.1 Å². The summed E-state index contributed by atoms with van der Waals surface area (Å²) in [5, 5.41) is 4.02. The van der Waals surface area contributed by atoms with Crippen LogP contribution in [0.1, 0.15) is 0 Å². The monoisotopic (exact) mass is 235 g/mol. The number of ether oxygens (including phenoxy) is 2. The molecule has 1 N–H and O–H groups in total. The fourth-order valence-corrected chi connectivity index (χ4v) is 1.43. The van der Waals surface area contributed by atoms with Crippen LogP contribution in [0.3, 0.4) is 0 Å². The van der Waals surface area contributed by atoms with Crippen molar-refractivity contribution < 1.29 is 9.47 Å². The molecule has 0 saturated heterocycles. The van der Waals surface area contributed by atoms with E-state index < -0.39 is 0 Å². The summed E-state index contributed by atoms with van der Waals surface area (Å²) in [4.78, 5) is 0. The average molecular weight is 236 g/mol. The lowest BCUT2D eigenvalue weighted by molar-refractivity contribution is 0.221. The van der Waals surface area contributed by atoms with Crippen LogP contribution >= 0.6 is 23.2 Å². The third-order valence-corrected chi connectivity index (χ3v) is 2.26. The van der Waals surface area contributed by atoms with E-state index in [1.54, 1.807) is 26.4 Å². The number of nitrogens with one attached hydrogen (secondary N) is 1. The van der Waals surface area contributed by atoms with Gasteiger partial charge in [-0.3, -0.25) is 0 Å². The first kappa shape index (κ1) is 11.4. The standard InChI is InChI=1S/C9H11Cl2NO2/c1-13-5-12-8-3-7(11)9(14-2)4-6(8)10/h3-4,12H,5H2,1-2H3. The highest BCUT2D eigenvalue weighted by Crippen LogP contribution is 2.33. The largest absolute Gasteiger partial charge is 0.495 e. The van der Waals surface area contributed by atoms with Gasteiger partial charge in [0.05, 0.1) is 22.8 Å². The lowest BCUT2D eigenvalue weighted by Gasteiger charge is -2.10. The molecule has 0 amide bonds. The maximum atomic E-state index is 5.96. The van der Waals surface area contributed by atoms with E-state index >= 15 is 0 Å². The summed E-state index contributed by atoms with van der Waals surface area (Å²) in [6.07, 6.45) is 0. The Kier molecular flexibility index (Phi) is 4.32. The molecule has 0 fully saturated rings. The van der Waals surface area contributed by atoms with Crippen molar-refractivity contribution in [1.82, 2.24) is 0 Å². The Labute approximate surface area is 92.9 Å². The molecule has 0 aliphatic heterocycles. The maximum Gasteiger partial charge on any atom is 0.139 e. The van der Waals surface area contributed by atoms with Gasteiger partial charge < -0.3 is 14.8 Å². The third kappa shape index (κ3) is 2.67. The lowest BCUT2D eigenvalue weighted by atomic mass is 10.3. The second kappa shape index (κ2) is 5.29. The minimum atomic E-state index is 0.377. The van der Waals surface area contributed by atoms with E-state index in [0.717, 1.165) is 5.69 Å². The molecule has 14 heavy (non-hydrogen) atoms. The van der Waals surface area contributed by atoms with Crippen molar-refractivity contribution in [3.63, 3.8) is 0 Å². The molecule has 5 heteroatoms. The minimum absolute atomic E-state index is 0.377. The number of methoxy groups -OCH3 is 2. The van der Waals surface area contributed by atoms with Crippen LogP contribution in [0.2, 0.25) is 10.0 Å². The summed E-state index contributed by atoms with van der Waals surface area (Å²) < 4.78 is 9.86. The van der Waals surface area contributed by atoms with Crippen LogP contribution in [0.5, 0.6) is 5.75 Å². The van der Waals surface area contributed by atoms with E-state index in [-0.39, 0.29) is 0 Å². The molecule has 0 spiro atoms. The van der Waals surface area contributed by atoms with E-state index in [4.69, 9.17) is 32.7 Å². The van der Waals surface area contributed by atoms with Gasteiger partial charge in [0, 0.05) is 13.2 Å². The Morgan fingerprint density at radius 3 is 2.50 bits per heavy atom. The van der Waals surface area contributed by atoms with E-state index in [9.17, 15) is 0 Å². The first-order chi connectivity index (χ1) is 6.69. The second-order valence-electron chi connectivity index (χ2n) is 2.58. The van der Waals surface area contributed by atoms with E-state index in [1.165, 1.54) is 0 Å². The van der Waals surface area contributed by atoms with Crippen LogP contribution in [-0.4, -0.2) is 21.0 Å². The Balaban J connectivity index is 2.90. The summed E-state index contributed by atoms with van der Waals surface area (Å²) >= 11 is 11.9. The molecule has 1 rings (SSSR count). The van der Waals surface area contributed by atoms with Gasteiger partial charge in [0.2, 0.25) is 0 Å². The SMILES string of the molecule is COCNc1cc(Cl)c(OC)cc1Cl. The second-order valence-corrected chi connectivity index (χ2v) is 3.39. The van der Waals surface area contributed by atoms with Crippen molar-refractivity contribution >= 4 is 28.9 Å². The molecule has 1 aromatic carbocycles. The molecule has 0 radical (unpaired) electrons. The number of hydrogen-bond acceptors (Lipinski definition) is 3. The topological polar surface area (TPSA) is 30.5 Å². The molecule has 0 aliphatic carbocycles. The first-order valence-corrected chi connectivity index (χ1v) is 4.70. The summed E-state index contributed by atoms with van der Waals surface area (Å²) in [5.41, 5.74) is 0.722. The summed E-state index contributed by atoms with van der Waals surface area (Å²) in [6, 6.07) is 3.35. The summed E-state index contributed by atoms with van der Waals surface area (Å²) in [5.74, 6) is 0.555. The van der Waals surface area contributed by atoms with Crippen molar-refractivity contribution in [3.05, 3.63) is 22.2 Å². The highest BCUT2D eigenvalue weighted by Gasteiger charge is 2.06. The van der Waals surface area contributed by atoms with Crippen molar-refractivity contribution in [1.29, 1.82) is 0 Å². The zero-order valence-corrected chi connectivity index (χ0v) is 9.45. The molecular weight excluding hydrogens is 225 g/mol. The zero-order valence-electron chi connectivity index (χ0n) is 7.93. The molecular formula is C9H11Cl2NO2. The first-order valence-electron chi connectivity index (χ1n) is 3.95. The molecule has 1 aromatic rings. The van der Waals surface area contributed by atoms with Gasteiger partial charge in [-0.1, -0.05) is 23.2 Å². The fraction of sp³-hybridized carbons (Fsp3) is 0.333. The minimum Gasteiger partial charge on any atom is -0.495 e. The molecule has 0 aliphatic rings. The van der Waals surface area contributed by atoms with Crippen LogP contribution in [0.4, 0.5) is 5.69 Å². The smallest absolute Gasteiger partial charge is 0.139 e. The summed E-state index contributed by atoms with van der Waals surface area (Å²) in [6.45, 7) is 0.377. The van der Waals surface area contributed by atoms with Crippen LogP contribution in [0.15, 0.2) is 12.1 Å². The number of halogens is 2.